The normalized spacial score (nSPS) is 25.4. The second-order valence-corrected chi connectivity index (χ2v) is 13.7. The Labute approximate surface area is 261 Å². The number of fused-ring (bicyclic) bond motifs is 1. The van der Waals surface area contributed by atoms with Crippen LogP contribution in [0.2, 0.25) is 0 Å². The maximum Gasteiger partial charge on any atom is 0.453 e. The quantitative estimate of drug-likeness (QED) is 0.126. The van der Waals surface area contributed by atoms with Crippen LogP contribution in [0, 0.1) is 11.3 Å². The minimum atomic E-state index is -5.47. The number of esters is 1. The molecule has 0 spiro atoms. The van der Waals surface area contributed by atoms with E-state index in [4.69, 9.17) is 9.47 Å². The number of ether oxygens (including phenoxy) is 2. The van der Waals surface area contributed by atoms with Crippen LogP contribution in [0.25, 0.3) is 0 Å². The summed E-state index contributed by atoms with van der Waals surface area (Å²) in [6.45, 7) is 4.28. The van der Waals surface area contributed by atoms with E-state index in [2.05, 4.69) is 19.1 Å². The van der Waals surface area contributed by atoms with Crippen molar-refractivity contribution in [2.75, 3.05) is 18.1 Å². The van der Waals surface area contributed by atoms with Crippen molar-refractivity contribution in [1.29, 1.82) is 0 Å². The first-order valence-corrected chi connectivity index (χ1v) is 16.7. The maximum atomic E-state index is 12.9. The number of aromatic hydroxyl groups is 1. The molecule has 5 atom stereocenters. The molecular formula is C34H43F5O4S. The fraction of sp³-hybridized carbons (Fsp3) is 0.618. The molecule has 2 aliphatic carbocycles. The van der Waals surface area contributed by atoms with Crippen molar-refractivity contribution in [3.8, 4) is 11.5 Å². The summed E-state index contributed by atoms with van der Waals surface area (Å²) in [7, 11) is 0. The number of benzene rings is 2. The molecule has 0 bridgehead atoms. The van der Waals surface area contributed by atoms with E-state index >= 15 is 0 Å². The van der Waals surface area contributed by atoms with E-state index in [1.165, 1.54) is 29.8 Å². The number of hydrogen-bond acceptors (Lipinski definition) is 5. The van der Waals surface area contributed by atoms with Gasteiger partial charge in [-0.15, -0.1) is 0 Å². The van der Waals surface area contributed by atoms with Gasteiger partial charge in [-0.2, -0.15) is 33.7 Å². The van der Waals surface area contributed by atoms with E-state index in [0.29, 0.717) is 18.3 Å². The monoisotopic (exact) mass is 642 g/mol. The number of carbonyl (C=O) groups is 1. The Morgan fingerprint density at radius 3 is 2.20 bits per heavy atom. The molecule has 0 aromatic heterocycles. The molecule has 44 heavy (non-hydrogen) atoms. The van der Waals surface area contributed by atoms with Gasteiger partial charge in [0.15, 0.2) is 0 Å². The summed E-state index contributed by atoms with van der Waals surface area (Å²) >= 11 is 1.40. The van der Waals surface area contributed by atoms with Gasteiger partial charge in [-0.05, 0) is 116 Å². The Morgan fingerprint density at radius 2 is 1.55 bits per heavy atom. The van der Waals surface area contributed by atoms with E-state index in [1.54, 1.807) is 12.1 Å². The number of phenolic OH excluding ortho intramolecular Hbond substituents is 1. The molecule has 1 N–H and O–H groups in total. The number of halogens is 5. The fourth-order valence-electron chi connectivity index (χ4n) is 7.01. The molecule has 2 saturated carbocycles. The average molecular weight is 643 g/mol. The first kappa shape index (κ1) is 34.4. The van der Waals surface area contributed by atoms with Gasteiger partial charge in [0.05, 0.1) is 6.61 Å². The van der Waals surface area contributed by atoms with Crippen molar-refractivity contribution in [2.45, 2.75) is 102 Å². The van der Waals surface area contributed by atoms with Crippen LogP contribution in [0.5, 0.6) is 11.5 Å². The van der Waals surface area contributed by atoms with E-state index in [1.807, 2.05) is 24.3 Å². The molecule has 244 valence electrons. The highest BCUT2D eigenvalue weighted by atomic mass is 32.2. The molecule has 0 aliphatic heterocycles. The zero-order valence-corrected chi connectivity index (χ0v) is 26.2. The zero-order chi connectivity index (χ0) is 32.0. The predicted octanol–water partition coefficient (Wildman–Crippen LogP) is 9.66. The van der Waals surface area contributed by atoms with Gasteiger partial charge in [0.1, 0.15) is 17.6 Å². The lowest BCUT2D eigenvalue weighted by Crippen LogP contribution is -2.42. The standard InChI is InChI=1S/C34H43F5O4S/c1-23(40)43-31-16-11-26-21-29(24-7-12-27(41)13-8-24)30(22-32(26,31)2)25-9-14-28(15-10-25)42-18-4-3-5-19-44-20-6-17-33(35,36)34(37,38)39/h7-10,12-15,26,29-31,41H,3-6,11,16-22H2,1-2H3/t26-,29-,30+,31-,32-/m0/s1. The summed E-state index contributed by atoms with van der Waals surface area (Å²) < 4.78 is 74.3. The second kappa shape index (κ2) is 14.7. The summed E-state index contributed by atoms with van der Waals surface area (Å²) in [5.74, 6) is -1.90. The molecule has 0 radical (unpaired) electrons. The van der Waals surface area contributed by atoms with Crippen molar-refractivity contribution in [3.05, 3.63) is 59.7 Å². The third-order valence-corrected chi connectivity index (χ3v) is 10.6. The summed E-state index contributed by atoms with van der Waals surface area (Å²) in [6, 6.07) is 15.7. The summed E-state index contributed by atoms with van der Waals surface area (Å²) in [6.07, 6.45) is -0.569. The number of unbranched alkanes of at least 4 members (excludes halogenated alkanes) is 2. The lowest BCUT2D eigenvalue weighted by atomic mass is 9.58. The molecule has 2 aromatic carbocycles. The van der Waals surface area contributed by atoms with Gasteiger partial charge in [-0.3, -0.25) is 4.79 Å². The molecular weight excluding hydrogens is 599 g/mol. The molecule has 0 unspecified atom stereocenters. The molecule has 0 amide bonds. The number of phenols is 1. The van der Waals surface area contributed by atoms with Crippen LogP contribution < -0.4 is 4.74 Å². The predicted molar refractivity (Wildman–Crippen MR) is 163 cm³/mol. The number of rotatable bonds is 14. The van der Waals surface area contributed by atoms with Crippen molar-refractivity contribution in [2.24, 2.45) is 11.3 Å². The van der Waals surface area contributed by atoms with Gasteiger partial charge in [0.2, 0.25) is 0 Å². The number of hydrogen-bond donors (Lipinski definition) is 1. The first-order chi connectivity index (χ1) is 20.8. The summed E-state index contributed by atoms with van der Waals surface area (Å²) in [4.78, 5) is 11.9. The van der Waals surface area contributed by atoms with Crippen LogP contribution in [0.3, 0.4) is 0 Å². The highest BCUT2D eigenvalue weighted by Gasteiger charge is 2.56. The fourth-order valence-corrected chi connectivity index (χ4v) is 7.97. The Morgan fingerprint density at radius 1 is 0.909 bits per heavy atom. The smallest absolute Gasteiger partial charge is 0.453 e. The third-order valence-electron chi connectivity index (χ3n) is 9.46. The van der Waals surface area contributed by atoms with E-state index in [0.717, 1.165) is 50.7 Å². The van der Waals surface area contributed by atoms with Crippen LogP contribution in [0.4, 0.5) is 22.0 Å². The highest BCUT2D eigenvalue weighted by molar-refractivity contribution is 7.99. The van der Waals surface area contributed by atoms with Crippen molar-refractivity contribution >= 4 is 17.7 Å². The summed E-state index contributed by atoms with van der Waals surface area (Å²) in [5, 5.41) is 9.87. The zero-order valence-electron chi connectivity index (χ0n) is 25.4. The second-order valence-electron chi connectivity index (χ2n) is 12.5. The largest absolute Gasteiger partial charge is 0.508 e. The van der Waals surface area contributed by atoms with Gasteiger partial charge in [0.25, 0.3) is 0 Å². The van der Waals surface area contributed by atoms with Crippen LogP contribution in [0.15, 0.2) is 48.5 Å². The molecule has 2 fully saturated rings. The lowest BCUT2D eigenvalue weighted by Gasteiger charge is -2.47. The van der Waals surface area contributed by atoms with Gasteiger partial charge >= 0.3 is 18.1 Å². The average Bonchev–Trinajstić information content (AvgIpc) is 3.27. The Bertz CT molecular complexity index is 1200. The van der Waals surface area contributed by atoms with E-state index in [9.17, 15) is 31.9 Å². The molecule has 2 aromatic rings. The number of alkyl halides is 5. The Hall–Kier alpha value is -2.49. The van der Waals surface area contributed by atoms with Crippen LogP contribution in [-0.4, -0.2) is 47.4 Å². The van der Waals surface area contributed by atoms with Crippen molar-refractivity contribution in [3.63, 3.8) is 0 Å². The van der Waals surface area contributed by atoms with Gasteiger partial charge < -0.3 is 14.6 Å². The molecule has 0 heterocycles. The highest BCUT2D eigenvalue weighted by Crippen LogP contribution is 2.61. The van der Waals surface area contributed by atoms with Crippen LogP contribution >= 0.6 is 11.8 Å². The number of carbonyl (C=O) groups excluding carboxylic acids is 1. The molecule has 4 nitrogen and oxygen atoms in total. The van der Waals surface area contributed by atoms with E-state index in [-0.39, 0.29) is 47.2 Å². The molecule has 10 heteroatoms. The topological polar surface area (TPSA) is 55.8 Å². The Kier molecular flexibility index (Phi) is 11.5. The minimum absolute atomic E-state index is 0.0894. The first-order valence-electron chi connectivity index (χ1n) is 15.5. The molecule has 2 aliphatic rings. The van der Waals surface area contributed by atoms with E-state index < -0.39 is 18.5 Å². The van der Waals surface area contributed by atoms with Crippen molar-refractivity contribution < 1.29 is 41.3 Å². The van der Waals surface area contributed by atoms with Crippen LogP contribution in [0.1, 0.15) is 94.6 Å². The van der Waals surface area contributed by atoms with Gasteiger partial charge in [-0.1, -0.05) is 31.2 Å². The Balaban J connectivity index is 1.26. The number of thioether (sulfide) groups is 1. The minimum Gasteiger partial charge on any atom is -0.508 e. The molecule has 4 rings (SSSR count). The van der Waals surface area contributed by atoms with Gasteiger partial charge in [0, 0.05) is 18.8 Å². The van der Waals surface area contributed by atoms with Crippen LogP contribution in [-0.2, 0) is 9.53 Å². The maximum absolute atomic E-state index is 12.9. The third kappa shape index (κ3) is 8.61. The molecule has 0 saturated heterocycles. The van der Waals surface area contributed by atoms with Gasteiger partial charge in [-0.25, -0.2) is 0 Å². The SMILES string of the molecule is CC(=O)O[C@H]1CC[C@H]2C[C@@H](c3ccc(O)cc3)[C@@H](c3ccc(OCCCCCSCCCC(F)(F)C(F)(F)F)cc3)C[C@@]21C. The summed E-state index contributed by atoms with van der Waals surface area (Å²) in [5.41, 5.74) is 2.29. The van der Waals surface area contributed by atoms with Crippen molar-refractivity contribution in [1.82, 2.24) is 0 Å². The lowest BCUT2D eigenvalue weighted by molar-refractivity contribution is -0.284.